The quantitative estimate of drug-likeness (QED) is 0.765. The molecule has 1 heterocycles. The minimum Gasteiger partial charge on any atom is -0.307 e. The van der Waals surface area contributed by atoms with Gasteiger partial charge in [0, 0.05) is 31.3 Å². The summed E-state index contributed by atoms with van der Waals surface area (Å²) in [6.45, 7) is 2.75. The maximum absolute atomic E-state index is 12.9. The second-order valence-electron chi connectivity index (χ2n) is 7.23. The number of anilines is 1. The van der Waals surface area contributed by atoms with Crippen molar-refractivity contribution in [2.45, 2.75) is 62.9 Å². The van der Waals surface area contributed by atoms with Crippen LogP contribution in [0.4, 0.5) is 5.82 Å². The van der Waals surface area contributed by atoms with Crippen molar-refractivity contribution in [1.82, 2.24) is 14.1 Å². The van der Waals surface area contributed by atoms with Crippen molar-refractivity contribution in [3.8, 4) is 0 Å². The summed E-state index contributed by atoms with van der Waals surface area (Å²) in [6, 6.07) is 7.92. The average Bonchev–Trinajstić information content (AvgIpc) is 3.15. The highest BCUT2D eigenvalue weighted by molar-refractivity contribution is 7.89. The van der Waals surface area contributed by atoms with Crippen LogP contribution in [0.1, 0.15) is 55.8 Å². The minimum absolute atomic E-state index is 0.0561. The topological polar surface area (TPSA) is 84.3 Å². The molecular formula is C20H28N4O3S. The van der Waals surface area contributed by atoms with Crippen LogP contribution in [0.25, 0.3) is 0 Å². The van der Waals surface area contributed by atoms with Gasteiger partial charge in [0.25, 0.3) is 5.91 Å². The van der Waals surface area contributed by atoms with Gasteiger partial charge in [0.15, 0.2) is 0 Å². The number of aromatic nitrogens is 2. The Morgan fingerprint density at radius 2 is 1.86 bits per heavy atom. The van der Waals surface area contributed by atoms with Crippen LogP contribution in [0.15, 0.2) is 41.4 Å². The number of hydrogen-bond acceptors (Lipinski definition) is 4. The number of rotatable bonds is 7. The number of hydrogen-bond donors (Lipinski definition) is 1. The first kappa shape index (κ1) is 20.5. The number of carbonyl (C=O) groups is 1. The highest BCUT2D eigenvalue weighted by atomic mass is 32.2. The monoisotopic (exact) mass is 404 g/mol. The van der Waals surface area contributed by atoms with Gasteiger partial charge >= 0.3 is 0 Å². The molecular weight excluding hydrogens is 376 g/mol. The molecule has 7 nitrogen and oxygen atoms in total. The van der Waals surface area contributed by atoms with E-state index in [2.05, 4.69) is 10.4 Å². The largest absolute Gasteiger partial charge is 0.307 e. The molecule has 0 bridgehead atoms. The van der Waals surface area contributed by atoms with Gasteiger partial charge in [-0.3, -0.25) is 4.79 Å². The van der Waals surface area contributed by atoms with E-state index in [0.29, 0.717) is 17.9 Å². The Balaban J connectivity index is 1.71. The fourth-order valence-corrected chi connectivity index (χ4v) is 5.02. The van der Waals surface area contributed by atoms with Gasteiger partial charge < -0.3 is 5.32 Å². The van der Waals surface area contributed by atoms with Crippen molar-refractivity contribution < 1.29 is 13.2 Å². The van der Waals surface area contributed by atoms with E-state index < -0.39 is 10.0 Å². The number of nitrogens with zero attached hydrogens (tertiary/aromatic N) is 3. The Hall–Kier alpha value is -2.19. The van der Waals surface area contributed by atoms with E-state index in [1.807, 2.05) is 6.92 Å². The molecule has 152 valence electrons. The Labute approximate surface area is 166 Å². The molecule has 1 N–H and O–H groups in total. The van der Waals surface area contributed by atoms with Crippen molar-refractivity contribution in [3.63, 3.8) is 0 Å². The molecule has 1 aliphatic carbocycles. The molecule has 0 radical (unpaired) electrons. The maximum Gasteiger partial charge on any atom is 0.256 e. The number of benzene rings is 1. The molecule has 1 aromatic heterocycles. The fraction of sp³-hybridized carbons (Fsp3) is 0.500. The van der Waals surface area contributed by atoms with Gasteiger partial charge in [-0.15, -0.1) is 0 Å². The third kappa shape index (κ3) is 4.44. The molecule has 8 heteroatoms. The standard InChI is InChI=1S/C20H28N4O3S/c1-3-15-24-19(13-14-21-24)22-20(25)16-9-11-18(12-10-16)28(26,27)23(2)17-7-5-4-6-8-17/h9-14,17H,3-8,15H2,1-2H3,(H,22,25). The lowest BCUT2D eigenvalue weighted by Gasteiger charge is -2.30. The van der Waals surface area contributed by atoms with Gasteiger partial charge in [-0.25, -0.2) is 13.1 Å². The van der Waals surface area contributed by atoms with E-state index in [1.165, 1.54) is 22.9 Å². The van der Waals surface area contributed by atoms with E-state index in [4.69, 9.17) is 0 Å². The maximum atomic E-state index is 12.9. The Morgan fingerprint density at radius 1 is 1.18 bits per heavy atom. The lowest BCUT2D eigenvalue weighted by atomic mass is 9.96. The third-order valence-electron chi connectivity index (χ3n) is 5.28. The Morgan fingerprint density at radius 3 is 2.50 bits per heavy atom. The lowest BCUT2D eigenvalue weighted by Crippen LogP contribution is -2.38. The molecule has 1 fully saturated rings. The van der Waals surface area contributed by atoms with E-state index in [9.17, 15) is 13.2 Å². The van der Waals surface area contributed by atoms with Gasteiger partial charge in [-0.1, -0.05) is 26.2 Å². The number of carbonyl (C=O) groups excluding carboxylic acids is 1. The highest BCUT2D eigenvalue weighted by Crippen LogP contribution is 2.26. The molecule has 3 rings (SSSR count). The molecule has 0 spiro atoms. The van der Waals surface area contributed by atoms with Crippen LogP contribution in [0.2, 0.25) is 0 Å². The summed E-state index contributed by atoms with van der Waals surface area (Å²) in [5, 5.41) is 7.01. The second kappa shape index (κ2) is 8.87. The van der Waals surface area contributed by atoms with Crippen molar-refractivity contribution in [2.75, 3.05) is 12.4 Å². The van der Waals surface area contributed by atoms with Gasteiger partial charge in [0.05, 0.1) is 11.1 Å². The first-order valence-corrected chi connectivity index (χ1v) is 11.3. The SMILES string of the molecule is CCCn1nccc1NC(=O)c1ccc(S(=O)(=O)N(C)C2CCCCC2)cc1. The van der Waals surface area contributed by atoms with Crippen LogP contribution in [-0.2, 0) is 16.6 Å². The number of amides is 1. The van der Waals surface area contributed by atoms with Crippen LogP contribution >= 0.6 is 0 Å². The molecule has 1 aliphatic rings. The van der Waals surface area contributed by atoms with E-state index in [1.54, 1.807) is 36.1 Å². The van der Waals surface area contributed by atoms with Gasteiger partial charge in [-0.05, 0) is 43.5 Å². The summed E-state index contributed by atoms with van der Waals surface area (Å²) >= 11 is 0. The smallest absolute Gasteiger partial charge is 0.256 e. The van der Waals surface area contributed by atoms with E-state index in [-0.39, 0.29) is 16.8 Å². The van der Waals surface area contributed by atoms with Crippen LogP contribution in [-0.4, -0.2) is 41.5 Å². The number of sulfonamides is 1. The van der Waals surface area contributed by atoms with Crippen LogP contribution in [0, 0.1) is 0 Å². The van der Waals surface area contributed by atoms with Crippen LogP contribution in [0.5, 0.6) is 0 Å². The zero-order valence-electron chi connectivity index (χ0n) is 16.5. The minimum atomic E-state index is -3.56. The Bertz CT molecular complexity index is 900. The zero-order chi connectivity index (χ0) is 20.1. The highest BCUT2D eigenvalue weighted by Gasteiger charge is 2.29. The molecule has 0 aliphatic heterocycles. The first-order chi connectivity index (χ1) is 13.4. The summed E-state index contributed by atoms with van der Waals surface area (Å²) in [4.78, 5) is 12.7. The molecule has 1 saturated carbocycles. The lowest BCUT2D eigenvalue weighted by molar-refractivity contribution is 0.102. The van der Waals surface area contributed by atoms with E-state index >= 15 is 0 Å². The molecule has 1 amide bonds. The predicted octanol–water partition coefficient (Wildman–Crippen LogP) is 3.50. The molecule has 0 atom stereocenters. The molecule has 2 aromatic rings. The molecule has 0 saturated heterocycles. The van der Waals surface area contributed by atoms with Crippen molar-refractivity contribution in [2.24, 2.45) is 0 Å². The first-order valence-electron chi connectivity index (χ1n) is 9.84. The molecule has 1 aromatic carbocycles. The summed E-state index contributed by atoms with van der Waals surface area (Å²) in [6.07, 6.45) is 7.67. The normalized spacial score (nSPS) is 15.7. The van der Waals surface area contributed by atoms with Gasteiger partial charge in [0.2, 0.25) is 10.0 Å². The second-order valence-corrected chi connectivity index (χ2v) is 9.23. The van der Waals surface area contributed by atoms with Crippen LogP contribution < -0.4 is 5.32 Å². The molecule has 0 unspecified atom stereocenters. The predicted molar refractivity (Wildman–Crippen MR) is 109 cm³/mol. The molecule has 28 heavy (non-hydrogen) atoms. The van der Waals surface area contributed by atoms with Crippen molar-refractivity contribution in [1.29, 1.82) is 0 Å². The zero-order valence-corrected chi connectivity index (χ0v) is 17.3. The summed E-state index contributed by atoms with van der Waals surface area (Å²) in [5.41, 5.74) is 0.406. The number of aryl methyl sites for hydroxylation is 1. The van der Waals surface area contributed by atoms with Crippen molar-refractivity contribution >= 4 is 21.7 Å². The average molecular weight is 405 g/mol. The Kier molecular flexibility index (Phi) is 6.51. The summed E-state index contributed by atoms with van der Waals surface area (Å²) in [5.74, 6) is 0.336. The number of nitrogens with one attached hydrogen (secondary N) is 1. The van der Waals surface area contributed by atoms with Crippen LogP contribution in [0.3, 0.4) is 0 Å². The van der Waals surface area contributed by atoms with Crippen molar-refractivity contribution in [3.05, 3.63) is 42.1 Å². The third-order valence-corrected chi connectivity index (χ3v) is 7.20. The van der Waals surface area contributed by atoms with E-state index in [0.717, 1.165) is 32.1 Å². The van der Waals surface area contributed by atoms with Gasteiger partial charge in [0.1, 0.15) is 5.82 Å². The van der Waals surface area contributed by atoms with Gasteiger partial charge in [-0.2, -0.15) is 9.40 Å². The summed E-state index contributed by atoms with van der Waals surface area (Å²) < 4.78 is 29.0. The fourth-order valence-electron chi connectivity index (χ4n) is 3.60. The summed E-state index contributed by atoms with van der Waals surface area (Å²) in [7, 11) is -1.90.